The predicted molar refractivity (Wildman–Crippen MR) is 65.2 cm³/mol. The van der Waals surface area contributed by atoms with E-state index in [-0.39, 0.29) is 0 Å². The molecular formula is C13H14N2O2. The summed E-state index contributed by atoms with van der Waals surface area (Å²) < 4.78 is 10.6. The minimum atomic E-state index is 0.524. The van der Waals surface area contributed by atoms with Crippen molar-refractivity contribution in [3.8, 4) is 22.9 Å². The van der Waals surface area contributed by atoms with Gasteiger partial charge in [0.05, 0.1) is 31.8 Å². The lowest BCUT2D eigenvalue weighted by molar-refractivity contribution is 0.325. The van der Waals surface area contributed by atoms with Gasteiger partial charge in [-0.15, -0.1) is 0 Å². The average molecular weight is 230 g/mol. The first-order chi connectivity index (χ1) is 8.35. The molecule has 1 heterocycles. The summed E-state index contributed by atoms with van der Waals surface area (Å²) in [5.74, 6) is 1.30. The number of aromatic nitrogens is 2. The third kappa shape index (κ3) is 2.53. The van der Waals surface area contributed by atoms with Crippen molar-refractivity contribution in [1.29, 1.82) is 0 Å². The summed E-state index contributed by atoms with van der Waals surface area (Å²) in [7, 11) is 1.64. The maximum atomic E-state index is 5.33. The van der Waals surface area contributed by atoms with Crippen molar-refractivity contribution in [2.45, 2.75) is 6.92 Å². The average Bonchev–Trinajstić information content (AvgIpc) is 2.39. The van der Waals surface area contributed by atoms with Crippen molar-refractivity contribution < 1.29 is 9.47 Å². The minimum Gasteiger partial charge on any atom is -0.496 e. The maximum absolute atomic E-state index is 5.33. The van der Waals surface area contributed by atoms with Crippen LogP contribution in [0.1, 0.15) is 6.92 Å². The summed E-state index contributed by atoms with van der Waals surface area (Å²) in [5, 5.41) is 0. The first-order valence-electron chi connectivity index (χ1n) is 5.43. The molecular weight excluding hydrogens is 216 g/mol. The van der Waals surface area contributed by atoms with Gasteiger partial charge in [-0.25, -0.2) is 4.98 Å². The van der Waals surface area contributed by atoms with Crippen LogP contribution in [0, 0.1) is 0 Å². The lowest BCUT2D eigenvalue weighted by atomic mass is 10.1. The molecule has 2 aromatic rings. The fourth-order valence-corrected chi connectivity index (χ4v) is 1.55. The zero-order chi connectivity index (χ0) is 12.1. The van der Waals surface area contributed by atoms with Gasteiger partial charge in [0.1, 0.15) is 5.75 Å². The van der Waals surface area contributed by atoms with E-state index in [4.69, 9.17) is 9.47 Å². The Bertz CT molecular complexity index is 500. The standard InChI is InChI=1S/C13H14N2O2/c1-3-17-13-9-14-8-11(15-13)10-6-4-5-7-12(10)16-2/h4-9H,3H2,1-2H3. The van der Waals surface area contributed by atoms with Gasteiger partial charge in [-0.3, -0.25) is 4.98 Å². The topological polar surface area (TPSA) is 44.2 Å². The predicted octanol–water partition coefficient (Wildman–Crippen LogP) is 2.55. The molecule has 0 N–H and O–H groups in total. The van der Waals surface area contributed by atoms with Crippen molar-refractivity contribution in [1.82, 2.24) is 9.97 Å². The number of hydrogen-bond acceptors (Lipinski definition) is 4. The van der Waals surface area contributed by atoms with Gasteiger partial charge in [0, 0.05) is 5.56 Å². The van der Waals surface area contributed by atoms with Crippen LogP contribution in [-0.2, 0) is 0 Å². The molecule has 0 fully saturated rings. The smallest absolute Gasteiger partial charge is 0.232 e. The second kappa shape index (κ2) is 5.30. The van der Waals surface area contributed by atoms with Crippen LogP contribution in [-0.4, -0.2) is 23.7 Å². The summed E-state index contributed by atoms with van der Waals surface area (Å²) in [6.45, 7) is 2.49. The third-order valence-electron chi connectivity index (χ3n) is 2.29. The Morgan fingerprint density at radius 1 is 1.18 bits per heavy atom. The fraction of sp³-hybridized carbons (Fsp3) is 0.231. The maximum Gasteiger partial charge on any atom is 0.232 e. The lowest BCUT2D eigenvalue weighted by Gasteiger charge is -2.08. The van der Waals surface area contributed by atoms with E-state index in [0.29, 0.717) is 12.5 Å². The number of rotatable bonds is 4. The van der Waals surface area contributed by atoms with Crippen molar-refractivity contribution in [3.63, 3.8) is 0 Å². The molecule has 1 aromatic carbocycles. The van der Waals surface area contributed by atoms with Gasteiger partial charge in [-0.05, 0) is 19.1 Å². The van der Waals surface area contributed by atoms with Crippen LogP contribution in [0.15, 0.2) is 36.7 Å². The quantitative estimate of drug-likeness (QED) is 0.809. The molecule has 1 aromatic heterocycles. The number of nitrogens with zero attached hydrogens (tertiary/aromatic N) is 2. The van der Waals surface area contributed by atoms with E-state index in [9.17, 15) is 0 Å². The van der Waals surface area contributed by atoms with Crippen LogP contribution < -0.4 is 9.47 Å². The van der Waals surface area contributed by atoms with Crippen LogP contribution in [0.3, 0.4) is 0 Å². The molecule has 0 amide bonds. The largest absolute Gasteiger partial charge is 0.496 e. The van der Waals surface area contributed by atoms with Crippen LogP contribution in [0.4, 0.5) is 0 Å². The molecule has 17 heavy (non-hydrogen) atoms. The molecule has 0 aliphatic heterocycles. The third-order valence-corrected chi connectivity index (χ3v) is 2.29. The SMILES string of the molecule is CCOc1cncc(-c2ccccc2OC)n1. The fourth-order valence-electron chi connectivity index (χ4n) is 1.55. The highest BCUT2D eigenvalue weighted by molar-refractivity contribution is 5.66. The number of methoxy groups -OCH3 is 1. The van der Waals surface area contributed by atoms with Gasteiger partial charge in [0.25, 0.3) is 0 Å². The summed E-state index contributed by atoms with van der Waals surface area (Å²) in [6.07, 6.45) is 3.29. The van der Waals surface area contributed by atoms with Crippen molar-refractivity contribution in [3.05, 3.63) is 36.7 Å². The number of hydrogen-bond donors (Lipinski definition) is 0. The Kier molecular flexibility index (Phi) is 3.55. The van der Waals surface area contributed by atoms with E-state index in [1.165, 1.54) is 0 Å². The van der Waals surface area contributed by atoms with E-state index in [2.05, 4.69) is 9.97 Å². The van der Waals surface area contributed by atoms with Gasteiger partial charge < -0.3 is 9.47 Å². The highest BCUT2D eigenvalue weighted by Crippen LogP contribution is 2.28. The summed E-state index contributed by atoms with van der Waals surface area (Å²) in [4.78, 5) is 8.49. The summed E-state index contributed by atoms with van der Waals surface area (Å²) in [6, 6.07) is 7.69. The molecule has 0 saturated heterocycles. The monoisotopic (exact) mass is 230 g/mol. The van der Waals surface area contributed by atoms with E-state index >= 15 is 0 Å². The van der Waals surface area contributed by atoms with Crippen molar-refractivity contribution >= 4 is 0 Å². The molecule has 0 radical (unpaired) electrons. The highest BCUT2D eigenvalue weighted by Gasteiger charge is 2.07. The molecule has 0 bridgehead atoms. The van der Waals surface area contributed by atoms with E-state index in [1.54, 1.807) is 19.5 Å². The first kappa shape index (κ1) is 11.4. The molecule has 4 nitrogen and oxygen atoms in total. The van der Waals surface area contributed by atoms with Crippen molar-refractivity contribution in [2.24, 2.45) is 0 Å². The molecule has 0 unspecified atom stereocenters. The molecule has 0 saturated carbocycles. The first-order valence-corrected chi connectivity index (χ1v) is 5.43. The second-order valence-corrected chi connectivity index (χ2v) is 3.38. The summed E-state index contributed by atoms with van der Waals surface area (Å²) >= 11 is 0. The number of ether oxygens (including phenoxy) is 2. The second-order valence-electron chi connectivity index (χ2n) is 3.38. The van der Waals surface area contributed by atoms with Crippen molar-refractivity contribution in [2.75, 3.05) is 13.7 Å². The molecule has 0 aliphatic carbocycles. The number of benzene rings is 1. The van der Waals surface area contributed by atoms with Gasteiger partial charge in [-0.2, -0.15) is 0 Å². The summed E-state index contributed by atoms with van der Waals surface area (Å²) in [5.41, 5.74) is 1.65. The molecule has 0 aliphatic rings. The Morgan fingerprint density at radius 3 is 2.76 bits per heavy atom. The molecule has 0 atom stereocenters. The van der Waals surface area contributed by atoms with Gasteiger partial charge in [-0.1, -0.05) is 12.1 Å². The van der Waals surface area contributed by atoms with Crippen LogP contribution in [0.25, 0.3) is 11.3 Å². The van der Waals surface area contributed by atoms with E-state index in [1.807, 2.05) is 31.2 Å². The Hall–Kier alpha value is -2.10. The van der Waals surface area contributed by atoms with E-state index < -0.39 is 0 Å². The zero-order valence-electron chi connectivity index (χ0n) is 9.88. The normalized spacial score (nSPS) is 10.0. The Balaban J connectivity index is 2.41. The van der Waals surface area contributed by atoms with Gasteiger partial charge in [0.15, 0.2) is 0 Å². The highest BCUT2D eigenvalue weighted by atomic mass is 16.5. The molecule has 88 valence electrons. The van der Waals surface area contributed by atoms with Crippen LogP contribution >= 0.6 is 0 Å². The van der Waals surface area contributed by atoms with Crippen LogP contribution in [0.5, 0.6) is 11.6 Å². The number of para-hydroxylation sites is 1. The zero-order valence-corrected chi connectivity index (χ0v) is 9.88. The molecule has 2 rings (SSSR count). The van der Waals surface area contributed by atoms with Gasteiger partial charge in [0.2, 0.25) is 5.88 Å². The molecule has 4 heteroatoms. The van der Waals surface area contributed by atoms with Gasteiger partial charge >= 0.3 is 0 Å². The lowest BCUT2D eigenvalue weighted by Crippen LogP contribution is -1.97. The van der Waals surface area contributed by atoms with Crippen LogP contribution in [0.2, 0.25) is 0 Å². The van der Waals surface area contributed by atoms with E-state index in [0.717, 1.165) is 17.0 Å². The Morgan fingerprint density at radius 2 is 2.00 bits per heavy atom. The minimum absolute atomic E-state index is 0.524. The molecule has 0 spiro atoms. The Labute approximate surface area is 100 Å².